The van der Waals surface area contributed by atoms with Gasteiger partial charge in [-0.3, -0.25) is 14.5 Å². The quantitative estimate of drug-likeness (QED) is 0.767. The van der Waals surface area contributed by atoms with E-state index in [2.05, 4.69) is 10.3 Å². The normalized spacial score (nSPS) is 20.6. The lowest BCUT2D eigenvalue weighted by Gasteiger charge is -2.15. The van der Waals surface area contributed by atoms with E-state index in [0.29, 0.717) is 15.9 Å². The number of hydrogen-bond acceptors (Lipinski definition) is 4. The number of halogens is 1. The van der Waals surface area contributed by atoms with Crippen molar-refractivity contribution in [3.8, 4) is 0 Å². The number of rotatable bonds is 5. The Morgan fingerprint density at radius 1 is 1.21 bits per heavy atom. The van der Waals surface area contributed by atoms with Crippen LogP contribution in [0.1, 0.15) is 24.8 Å². The van der Waals surface area contributed by atoms with Crippen LogP contribution < -0.4 is 5.32 Å². The Balaban J connectivity index is 1.49. The number of carbonyl (C=O) groups is 2. The molecule has 0 spiro atoms. The van der Waals surface area contributed by atoms with Crippen LogP contribution in [0.5, 0.6) is 0 Å². The van der Waals surface area contributed by atoms with Crippen molar-refractivity contribution in [3.63, 3.8) is 0 Å². The van der Waals surface area contributed by atoms with Gasteiger partial charge in [-0.15, -0.1) is 0 Å². The van der Waals surface area contributed by atoms with Crippen molar-refractivity contribution < 1.29 is 9.59 Å². The number of thioether (sulfide) groups is 1. The second-order valence-electron chi connectivity index (χ2n) is 6.94. The summed E-state index contributed by atoms with van der Waals surface area (Å²) in [6.07, 6.45) is 2.08. The maximum atomic E-state index is 12.9. The molecule has 0 unspecified atom stereocenters. The van der Waals surface area contributed by atoms with Gasteiger partial charge in [0.05, 0.1) is 5.69 Å². The number of nitrogens with one attached hydrogen (secondary N) is 1. The smallest absolute Gasteiger partial charge is 0.242 e. The molecule has 144 valence electrons. The highest BCUT2D eigenvalue weighted by Crippen LogP contribution is 2.39. The molecule has 2 aliphatic rings. The molecule has 1 saturated carbocycles. The molecule has 0 bridgehead atoms. The van der Waals surface area contributed by atoms with Gasteiger partial charge in [0.2, 0.25) is 11.8 Å². The van der Waals surface area contributed by atoms with Crippen LogP contribution in [-0.4, -0.2) is 33.2 Å². The minimum atomic E-state index is -0.456. The van der Waals surface area contributed by atoms with E-state index in [1.54, 1.807) is 17.0 Å². The first-order valence-corrected chi connectivity index (χ1v) is 10.5. The third-order valence-corrected chi connectivity index (χ3v) is 6.33. The summed E-state index contributed by atoms with van der Waals surface area (Å²) in [5.74, 6) is -0.229. The molecule has 1 atom stereocenters. The van der Waals surface area contributed by atoms with Crippen LogP contribution in [-0.2, 0) is 9.59 Å². The van der Waals surface area contributed by atoms with E-state index in [0.717, 1.165) is 24.1 Å². The molecule has 4 rings (SSSR count). The number of nitrogens with zero attached hydrogens (tertiary/aromatic N) is 2. The first-order chi connectivity index (χ1) is 13.5. The maximum Gasteiger partial charge on any atom is 0.242 e. The van der Waals surface area contributed by atoms with Gasteiger partial charge in [-0.05, 0) is 49.6 Å². The molecule has 7 heteroatoms. The fraction of sp³-hybridized carbons (Fsp3) is 0.286. The summed E-state index contributed by atoms with van der Waals surface area (Å²) >= 11 is 7.49. The third-order valence-electron chi connectivity index (χ3n) is 4.77. The minimum Gasteiger partial charge on any atom is -0.326 e. The van der Waals surface area contributed by atoms with E-state index in [1.165, 1.54) is 11.8 Å². The van der Waals surface area contributed by atoms with Gasteiger partial charge in [0.1, 0.15) is 5.25 Å². The second kappa shape index (κ2) is 7.97. The van der Waals surface area contributed by atoms with Crippen molar-refractivity contribution >= 4 is 51.7 Å². The van der Waals surface area contributed by atoms with Crippen LogP contribution in [0.4, 0.5) is 11.4 Å². The number of para-hydroxylation sites is 1. The largest absolute Gasteiger partial charge is 0.326 e. The highest BCUT2D eigenvalue weighted by atomic mass is 35.5. The van der Waals surface area contributed by atoms with Crippen molar-refractivity contribution in [2.24, 2.45) is 4.99 Å². The molecule has 1 aliphatic heterocycles. The Morgan fingerprint density at radius 2 is 1.96 bits per heavy atom. The number of anilines is 1. The molecule has 2 amide bonds. The monoisotopic (exact) mass is 413 g/mol. The van der Waals surface area contributed by atoms with Gasteiger partial charge in [-0.25, -0.2) is 4.99 Å². The van der Waals surface area contributed by atoms with E-state index < -0.39 is 5.25 Å². The van der Waals surface area contributed by atoms with Gasteiger partial charge in [0.25, 0.3) is 0 Å². The molecule has 5 nitrogen and oxygen atoms in total. The molecule has 28 heavy (non-hydrogen) atoms. The summed E-state index contributed by atoms with van der Waals surface area (Å²) in [4.78, 5) is 31.9. The lowest BCUT2D eigenvalue weighted by atomic mass is 10.2. The van der Waals surface area contributed by atoms with Crippen molar-refractivity contribution in [1.82, 2.24) is 4.90 Å². The van der Waals surface area contributed by atoms with Crippen LogP contribution in [0.15, 0.2) is 53.5 Å². The van der Waals surface area contributed by atoms with Crippen molar-refractivity contribution in [2.45, 2.75) is 37.5 Å². The molecule has 2 aromatic carbocycles. The summed E-state index contributed by atoms with van der Waals surface area (Å²) in [7, 11) is 0. The Hall–Kier alpha value is -2.31. The van der Waals surface area contributed by atoms with Crippen molar-refractivity contribution in [3.05, 3.63) is 59.1 Å². The molecule has 0 radical (unpaired) electrons. The van der Waals surface area contributed by atoms with Gasteiger partial charge in [0.15, 0.2) is 5.17 Å². The molecule has 0 aromatic heterocycles. The Kier molecular flexibility index (Phi) is 5.42. The first-order valence-electron chi connectivity index (χ1n) is 9.21. The minimum absolute atomic E-state index is 0.0276. The van der Waals surface area contributed by atoms with Gasteiger partial charge in [0, 0.05) is 23.2 Å². The number of carbonyl (C=O) groups excluding carboxylic acids is 2. The summed E-state index contributed by atoms with van der Waals surface area (Å²) in [5, 5.41) is 3.71. The first kappa shape index (κ1) is 19.0. The molecular formula is C21H20ClN3O2S. The number of aliphatic imine (C=N–C) groups is 1. The molecular weight excluding hydrogens is 394 g/mol. The molecule has 2 aromatic rings. The fourth-order valence-electron chi connectivity index (χ4n) is 3.09. The van der Waals surface area contributed by atoms with Crippen LogP contribution in [0.2, 0.25) is 5.02 Å². The lowest BCUT2D eigenvalue weighted by molar-refractivity contribution is -0.128. The topological polar surface area (TPSA) is 61.8 Å². The van der Waals surface area contributed by atoms with Gasteiger partial charge < -0.3 is 5.32 Å². The highest BCUT2D eigenvalue weighted by Gasteiger charge is 2.46. The number of amides is 2. The van der Waals surface area contributed by atoms with Crippen LogP contribution in [0.3, 0.4) is 0 Å². The lowest BCUT2D eigenvalue weighted by Crippen LogP contribution is -2.35. The fourth-order valence-corrected chi connectivity index (χ4v) is 4.48. The number of benzene rings is 2. The highest BCUT2D eigenvalue weighted by molar-refractivity contribution is 8.15. The van der Waals surface area contributed by atoms with Crippen molar-refractivity contribution in [2.75, 3.05) is 5.32 Å². The van der Waals surface area contributed by atoms with Crippen LogP contribution in [0.25, 0.3) is 0 Å². The molecule has 1 N–H and O–H groups in total. The Bertz CT molecular complexity index is 944. The van der Waals surface area contributed by atoms with E-state index in [-0.39, 0.29) is 24.3 Å². The number of amidine groups is 1. The Morgan fingerprint density at radius 3 is 2.68 bits per heavy atom. The predicted molar refractivity (Wildman–Crippen MR) is 114 cm³/mol. The van der Waals surface area contributed by atoms with Crippen molar-refractivity contribution in [1.29, 1.82) is 0 Å². The van der Waals surface area contributed by atoms with Gasteiger partial charge in [-0.2, -0.15) is 0 Å². The SMILES string of the molecule is Cc1c(Cl)cccc1NC(=O)C[C@H]1SC(=Nc2ccccc2)N(C2CC2)C1=O. The zero-order valence-electron chi connectivity index (χ0n) is 15.4. The second-order valence-corrected chi connectivity index (χ2v) is 8.52. The summed E-state index contributed by atoms with van der Waals surface area (Å²) in [5.41, 5.74) is 2.29. The molecule has 1 saturated heterocycles. The molecule has 2 fully saturated rings. The summed E-state index contributed by atoms with van der Waals surface area (Å²) < 4.78 is 0. The van der Waals surface area contributed by atoms with E-state index in [9.17, 15) is 9.59 Å². The summed E-state index contributed by atoms with van der Waals surface area (Å²) in [6, 6.07) is 15.2. The maximum absolute atomic E-state index is 12.9. The molecule has 1 aliphatic carbocycles. The average Bonchev–Trinajstić information content (AvgIpc) is 3.46. The van der Waals surface area contributed by atoms with Crippen LogP contribution >= 0.6 is 23.4 Å². The van der Waals surface area contributed by atoms with Gasteiger partial charge in [-0.1, -0.05) is 47.6 Å². The van der Waals surface area contributed by atoms with E-state index in [4.69, 9.17) is 11.6 Å². The zero-order valence-corrected chi connectivity index (χ0v) is 17.0. The van der Waals surface area contributed by atoms with E-state index >= 15 is 0 Å². The summed E-state index contributed by atoms with van der Waals surface area (Å²) in [6.45, 7) is 1.85. The van der Waals surface area contributed by atoms with Crippen LogP contribution in [0, 0.1) is 6.92 Å². The average molecular weight is 414 g/mol. The zero-order chi connectivity index (χ0) is 19.7. The van der Waals surface area contributed by atoms with E-state index in [1.807, 2.05) is 43.3 Å². The molecule has 1 heterocycles. The Labute approximate surface area is 173 Å². The van der Waals surface area contributed by atoms with Gasteiger partial charge >= 0.3 is 0 Å². The number of hydrogen-bond donors (Lipinski definition) is 1. The standard InChI is InChI=1S/C21H20ClN3O2S/c1-13-16(22)8-5-9-17(13)24-19(26)12-18-20(27)25(15-10-11-15)21(28-18)23-14-6-3-2-4-7-14/h2-9,15,18H,10-12H2,1H3,(H,24,26)/t18-/m1/s1. The third kappa shape index (κ3) is 4.08. The predicted octanol–water partition coefficient (Wildman–Crippen LogP) is 4.77.